The van der Waals surface area contributed by atoms with Crippen LogP contribution >= 0.6 is 11.6 Å². The molecule has 1 atom stereocenters. The van der Waals surface area contributed by atoms with Crippen LogP contribution in [0.1, 0.15) is 30.5 Å². The van der Waals surface area contributed by atoms with Crippen molar-refractivity contribution in [2.45, 2.75) is 37.3 Å². The first kappa shape index (κ1) is 18.2. The van der Waals surface area contributed by atoms with Crippen LogP contribution in [0.3, 0.4) is 0 Å². The van der Waals surface area contributed by atoms with Gasteiger partial charge in [-0.15, -0.1) is 0 Å². The van der Waals surface area contributed by atoms with Crippen LogP contribution in [0.25, 0.3) is 0 Å². The topological polar surface area (TPSA) is 49.6 Å². The van der Waals surface area contributed by atoms with Gasteiger partial charge in [0.05, 0.1) is 11.5 Å². The summed E-state index contributed by atoms with van der Waals surface area (Å²) in [6.07, 6.45) is -2.11. The SMILES string of the molecule is N#CC(CCCC(F)(F)F)(Cc1ccncn1)c1ccc(Cl)cc1. The fourth-order valence-corrected chi connectivity index (χ4v) is 2.71. The molecule has 1 unspecified atom stereocenters. The largest absolute Gasteiger partial charge is 0.389 e. The maximum absolute atomic E-state index is 12.5. The molecule has 0 radical (unpaired) electrons. The van der Waals surface area contributed by atoms with E-state index in [0.29, 0.717) is 16.3 Å². The summed E-state index contributed by atoms with van der Waals surface area (Å²) in [6, 6.07) is 10.5. The van der Waals surface area contributed by atoms with Crippen molar-refractivity contribution in [3.8, 4) is 6.07 Å². The normalized spacial score (nSPS) is 14.0. The van der Waals surface area contributed by atoms with Gasteiger partial charge in [-0.05, 0) is 36.6 Å². The fourth-order valence-electron chi connectivity index (χ4n) is 2.59. The first-order chi connectivity index (χ1) is 11.3. The van der Waals surface area contributed by atoms with Crippen molar-refractivity contribution in [3.05, 3.63) is 59.1 Å². The van der Waals surface area contributed by atoms with Gasteiger partial charge in [-0.1, -0.05) is 23.7 Å². The van der Waals surface area contributed by atoms with Crippen LogP contribution in [-0.2, 0) is 11.8 Å². The van der Waals surface area contributed by atoms with Crippen LogP contribution in [0.5, 0.6) is 0 Å². The molecule has 0 amide bonds. The smallest absolute Gasteiger partial charge is 0.245 e. The molecular weight excluding hydrogens is 339 g/mol. The van der Waals surface area contributed by atoms with Crippen LogP contribution in [-0.4, -0.2) is 16.1 Å². The van der Waals surface area contributed by atoms with E-state index in [4.69, 9.17) is 11.6 Å². The molecule has 0 bridgehead atoms. The number of alkyl halides is 3. The average molecular weight is 354 g/mol. The number of halogens is 4. The highest BCUT2D eigenvalue weighted by Gasteiger charge is 2.35. The minimum atomic E-state index is -4.24. The lowest BCUT2D eigenvalue weighted by atomic mass is 9.74. The highest BCUT2D eigenvalue weighted by molar-refractivity contribution is 6.30. The van der Waals surface area contributed by atoms with Gasteiger partial charge >= 0.3 is 6.18 Å². The van der Waals surface area contributed by atoms with Crippen molar-refractivity contribution in [3.63, 3.8) is 0 Å². The number of nitrogens with zero attached hydrogens (tertiary/aromatic N) is 3. The molecule has 2 rings (SSSR count). The molecule has 0 saturated heterocycles. The molecule has 126 valence electrons. The van der Waals surface area contributed by atoms with Crippen LogP contribution in [0.2, 0.25) is 5.02 Å². The third-order valence-electron chi connectivity index (χ3n) is 3.80. The summed E-state index contributed by atoms with van der Waals surface area (Å²) in [5, 5.41) is 10.3. The van der Waals surface area contributed by atoms with Crippen molar-refractivity contribution in [1.29, 1.82) is 5.26 Å². The molecule has 0 aliphatic heterocycles. The Morgan fingerprint density at radius 2 is 1.79 bits per heavy atom. The third kappa shape index (κ3) is 4.93. The maximum atomic E-state index is 12.5. The lowest BCUT2D eigenvalue weighted by Gasteiger charge is -2.27. The van der Waals surface area contributed by atoms with E-state index in [1.165, 1.54) is 6.33 Å². The van der Waals surface area contributed by atoms with Gasteiger partial charge in [0.2, 0.25) is 0 Å². The number of hydrogen-bond donors (Lipinski definition) is 0. The van der Waals surface area contributed by atoms with E-state index < -0.39 is 18.0 Å². The number of hydrogen-bond acceptors (Lipinski definition) is 3. The molecule has 1 aromatic heterocycles. The average Bonchev–Trinajstić information content (AvgIpc) is 2.54. The lowest BCUT2D eigenvalue weighted by molar-refractivity contribution is -0.136. The van der Waals surface area contributed by atoms with Crippen molar-refractivity contribution in [1.82, 2.24) is 9.97 Å². The molecule has 0 aliphatic carbocycles. The molecule has 7 heteroatoms. The molecule has 24 heavy (non-hydrogen) atoms. The highest BCUT2D eigenvalue weighted by Crippen LogP contribution is 2.35. The molecule has 0 saturated carbocycles. The molecule has 0 fully saturated rings. The monoisotopic (exact) mass is 353 g/mol. The van der Waals surface area contributed by atoms with Gasteiger partial charge in [0.1, 0.15) is 6.33 Å². The fraction of sp³-hybridized carbons (Fsp3) is 0.353. The van der Waals surface area contributed by atoms with E-state index in [1.807, 2.05) is 0 Å². The number of nitriles is 1. The van der Waals surface area contributed by atoms with Crippen molar-refractivity contribution in [2.24, 2.45) is 0 Å². The Morgan fingerprint density at radius 1 is 1.08 bits per heavy atom. The van der Waals surface area contributed by atoms with Crippen molar-refractivity contribution < 1.29 is 13.2 Å². The van der Waals surface area contributed by atoms with Gasteiger partial charge in [0, 0.05) is 29.8 Å². The number of benzene rings is 1. The molecule has 1 aromatic carbocycles. The van der Waals surface area contributed by atoms with Crippen LogP contribution in [0.15, 0.2) is 42.9 Å². The van der Waals surface area contributed by atoms with Gasteiger partial charge in [-0.3, -0.25) is 0 Å². The summed E-state index contributed by atoms with van der Waals surface area (Å²) in [5.74, 6) is 0. The predicted octanol–water partition coefficient (Wildman–Crippen LogP) is 4.87. The Morgan fingerprint density at radius 3 is 2.33 bits per heavy atom. The second-order valence-electron chi connectivity index (χ2n) is 5.55. The molecule has 0 spiro atoms. The summed E-state index contributed by atoms with van der Waals surface area (Å²) in [4.78, 5) is 7.92. The molecule has 3 nitrogen and oxygen atoms in total. The zero-order valence-corrected chi connectivity index (χ0v) is 13.5. The second kappa shape index (κ2) is 7.63. The molecule has 2 aromatic rings. The van der Waals surface area contributed by atoms with Crippen LogP contribution in [0, 0.1) is 11.3 Å². The second-order valence-corrected chi connectivity index (χ2v) is 5.98. The molecule has 0 N–H and O–H groups in total. The standard InChI is InChI=1S/C17H15ClF3N3/c18-14-4-2-13(3-5-14)16(11-22,7-1-8-17(19,20)21)10-15-6-9-23-12-24-15/h2-6,9,12H,1,7-8,10H2. The van der Waals surface area contributed by atoms with Gasteiger partial charge < -0.3 is 0 Å². The van der Waals surface area contributed by atoms with Gasteiger partial charge in [0.25, 0.3) is 0 Å². The minimum absolute atomic E-state index is 0.0780. The van der Waals surface area contributed by atoms with Gasteiger partial charge in [0.15, 0.2) is 0 Å². The quantitative estimate of drug-likeness (QED) is 0.744. The van der Waals surface area contributed by atoms with E-state index in [0.717, 1.165) is 0 Å². The van der Waals surface area contributed by atoms with Gasteiger partial charge in [-0.25, -0.2) is 9.97 Å². The van der Waals surface area contributed by atoms with Crippen molar-refractivity contribution in [2.75, 3.05) is 0 Å². The first-order valence-electron chi connectivity index (χ1n) is 7.34. The van der Waals surface area contributed by atoms with E-state index in [2.05, 4.69) is 16.0 Å². The Balaban J connectivity index is 2.31. The Bertz CT molecular complexity index is 696. The highest BCUT2D eigenvalue weighted by atomic mass is 35.5. The summed E-state index contributed by atoms with van der Waals surface area (Å²) < 4.78 is 37.5. The maximum Gasteiger partial charge on any atom is 0.389 e. The summed E-state index contributed by atoms with van der Waals surface area (Å²) >= 11 is 5.88. The number of rotatable bonds is 6. The zero-order chi connectivity index (χ0) is 17.6. The minimum Gasteiger partial charge on any atom is -0.245 e. The lowest BCUT2D eigenvalue weighted by Crippen LogP contribution is -2.28. The number of aromatic nitrogens is 2. The third-order valence-corrected chi connectivity index (χ3v) is 4.05. The molecular formula is C17H15ClF3N3. The zero-order valence-electron chi connectivity index (χ0n) is 12.7. The van der Waals surface area contributed by atoms with E-state index >= 15 is 0 Å². The Hall–Kier alpha value is -2.13. The molecule has 1 heterocycles. The van der Waals surface area contributed by atoms with Crippen LogP contribution in [0.4, 0.5) is 13.2 Å². The van der Waals surface area contributed by atoms with E-state index in [9.17, 15) is 18.4 Å². The van der Waals surface area contributed by atoms with Crippen LogP contribution < -0.4 is 0 Å². The van der Waals surface area contributed by atoms with E-state index in [1.54, 1.807) is 36.5 Å². The summed E-state index contributed by atoms with van der Waals surface area (Å²) in [6.45, 7) is 0. The predicted molar refractivity (Wildman–Crippen MR) is 84.4 cm³/mol. The Labute approximate surface area is 143 Å². The molecule has 0 aliphatic rings. The van der Waals surface area contributed by atoms with Crippen molar-refractivity contribution >= 4 is 11.6 Å². The first-order valence-corrected chi connectivity index (χ1v) is 7.71. The summed E-state index contributed by atoms with van der Waals surface area (Å²) in [7, 11) is 0. The Kier molecular flexibility index (Phi) is 5.79. The van der Waals surface area contributed by atoms with E-state index in [-0.39, 0.29) is 19.3 Å². The van der Waals surface area contributed by atoms with Gasteiger partial charge in [-0.2, -0.15) is 18.4 Å². The summed E-state index contributed by atoms with van der Waals surface area (Å²) in [5.41, 5.74) is 0.146.